The molecule has 0 spiro atoms. The van der Waals surface area contributed by atoms with E-state index in [4.69, 9.17) is 0 Å². The van der Waals surface area contributed by atoms with Crippen LogP contribution in [0.2, 0.25) is 0 Å². The first kappa shape index (κ1) is 10.4. The van der Waals surface area contributed by atoms with Gasteiger partial charge in [-0.25, -0.2) is 4.98 Å². The second-order valence-corrected chi connectivity index (χ2v) is 4.68. The molecule has 0 aliphatic heterocycles. The lowest BCUT2D eigenvalue weighted by Gasteiger charge is -2.02. The van der Waals surface area contributed by atoms with Crippen molar-refractivity contribution >= 4 is 22.8 Å². The maximum absolute atomic E-state index is 4.47. The number of thioether (sulfide) groups is 1. The zero-order chi connectivity index (χ0) is 10.7. The predicted octanol–water partition coefficient (Wildman–Crippen LogP) is 3.44. The fourth-order valence-corrected chi connectivity index (χ4v) is 2.19. The summed E-state index contributed by atoms with van der Waals surface area (Å²) in [5.74, 6) is 1.16. The van der Waals surface area contributed by atoms with Crippen molar-refractivity contribution in [3.05, 3.63) is 30.1 Å². The maximum atomic E-state index is 4.47. The Bertz CT molecular complexity index is 468. The molecule has 15 heavy (non-hydrogen) atoms. The first-order valence-corrected chi connectivity index (χ1v) is 6.14. The number of hydrogen-bond acceptors (Lipinski definition) is 3. The maximum Gasteiger partial charge on any atom is 0.0901 e. The van der Waals surface area contributed by atoms with E-state index in [1.165, 1.54) is 11.3 Å². The van der Waals surface area contributed by atoms with Crippen LogP contribution >= 0.6 is 11.8 Å². The third-order valence-corrected chi connectivity index (χ3v) is 3.31. The highest BCUT2D eigenvalue weighted by molar-refractivity contribution is 7.99. The van der Waals surface area contributed by atoms with Crippen LogP contribution in [0.4, 0.5) is 0 Å². The van der Waals surface area contributed by atoms with Gasteiger partial charge in [0.25, 0.3) is 0 Å². The molecule has 1 aromatic heterocycles. The van der Waals surface area contributed by atoms with Crippen molar-refractivity contribution in [3.8, 4) is 0 Å². The minimum absolute atomic E-state index is 0.972. The molecular formula is C12H14N2S. The third-order valence-electron chi connectivity index (χ3n) is 2.11. The zero-order valence-electron chi connectivity index (χ0n) is 9.03. The SMILES string of the molecule is CCCSc1ccc2ncc(C)nc2c1. The molecular weight excluding hydrogens is 204 g/mol. The molecule has 1 heterocycles. The highest BCUT2D eigenvalue weighted by atomic mass is 32.2. The zero-order valence-corrected chi connectivity index (χ0v) is 9.84. The molecule has 3 heteroatoms. The number of benzene rings is 1. The summed E-state index contributed by atoms with van der Waals surface area (Å²) in [6, 6.07) is 6.28. The van der Waals surface area contributed by atoms with E-state index in [0.29, 0.717) is 0 Å². The molecule has 0 atom stereocenters. The molecule has 0 amide bonds. The first-order valence-electron chi connectivity index (χ1n) is 5.16. The summed E-state index contributed by atoms with van der Waals surface area (Å²) >= 11 is 1.87. The Kier molecular flexibility index (Phi) is 3.21. The van der Waals surface area contributed by atoms with Crippen molar-refractivity contribution in [2.75, 3.05) is 5.75 Å². The fourth-order valence-electron chi connectivity index (χ4n) is 1.39. The Balaban J connectivity index is 2.36. The average Bonchev–Trinajstić information content (AvgIpc) is 2.25. The number of aromatic nitrogens is 2. The van der Waals surface area contributed by atoms with Crippen LogP contribution in [-0.2, 0) is 0 Å². The summed E-state index contributed by atoms with van der Waals surface area (Å²) in [4.78, 5) is 10.1. The van der Waals surface area contributed by atoms with Gasteiger partial charge >= 0.3 is 0 Å². The van der Waals surface area contributed by atoms with Gasteiger partial charge in [-0.15, -0.1) is 11.8 Å². The van der Waals surface area contributed by atoms with Gasteiger partial charge in [-0.1, -0.05) is 6.92 Å². The van der Waals surface area contributed by atoms with Crippen molar-refractivity contribution in [1.82, 2.24) is 9.97 Å². The summed E-state index contributed by atoms with van der Waals surface area (Å²) < 4.78 is 0. The quantitative estimate of drug-likeness (QED) is 0.738. The van der Waals surface area contributed by atoms with E-state index >= 15 is 0 Å². The van der Waals surface area contributed by atoms with Crippen molar-refractivity contribution in [2.24, 2.45) is 0 Å². The summed E-state index contributed by atoms with van der Waals surface area (Å²) in [5.41, 5.74) is 2.94. The van der Waals surface area contributed by atoms with Gasteiger partial charge in [0.15, 0.2) is 0 Å². The minimum atomic E-state index is 0.972. The monoisotopic (exact) mass is 218 g/mol. The molecule has 0 saturated heterocycles. The summed E-state index contributed by atoms with van der Waals surface area (Å²) in [6.07, 6.45) is 3.00. The van der Waals surface area contributed by atoms with Crippen molar-refractivity contribution in [2.45, 2.75) is 25.2 Å². The van der Waals surface area contributed by atoms with Crippen molar-refractivity contribution in [1.29, 1.82) is 0 Å². The van der Waals surface area contributed by atoms with Crippen LogP contribution in [0.3, 0.4) is 0 Å². The number of rotatable bonds is 3. The van der Waals surface area contributed by atoms with E-state index in [1.54, 1.807) is 6.20 Å². The van der Waals surface area contributed by atoms with E-state index in [-0.39, 0.29) is 0 Å². The molecule has 0 aliphatic carbocycles. The van der Waals surface area contributed by atoms with E-state index in [9.17, 15) is 0 Å². The molecule has 0 radical (unpaired) electrons. The molecule has 1 aromatic carbocycles. The summed E-state index contributed by atoms with van der Waals surface area (Å²) in [7, 11) is 0. The normalized spacial score (nSPS) is 10.8. The molecule has 0 fully saturated rings. The van der Waals surface area contributed by atoms with Gasteiger partial charge in [-0.3, -0.25) is 4.98 Å². The van der Waals surface area contributed by atoms with Crippen LogP contribution < -0.4 is 0 Å². The van der Waals surface area contributed by atoms with Crippen molar-refractivity contribution < 1.29 is 0 Å². The van der Waals surface area contributed by atoms with Gasteiger partial charge < -0.3 is 0 Å². The lowest BCUT2D eigenvalue weighted by molar-refractivity contribution is 1.10. The highest BCUT2D eigenvalue weighted by Crippen LogP contribution is 2.22. The molecule has 2 nitrogen and oxygen atoms in total. The first-order chi connectivity index (χ1) is 7.29. The minimum Gasteiger partial charge on any atom is -0.253 e. The number of aryl methyl sites for hydroxylation is 1. The molecule has 2 rings (SSSR count). The summed E-state index contributed by atoms with van der Waals surface area (Å²) in [5, 5.41) is 0. The van der Waals surface area contributed by atoms with Crippen LogP contribution in [0.5, 0.6) is 0 Å². The van der Waals surface area contributed by atoms with E-state index < -0.39 is 0 Å². The second-order valence-electron chi connectivity index (χ2n) is 3.51. The smallest absolute Gasteiger partial charge is 0.0901 e. The van der Waals surface area contributed by atoms with Gasteiger partial charge in [0.1, 0.15) is 0 Å². The van der Waals surface area contributed by atoms with E-state index in [0.717, 1.165) is 22.5 Å². The molecule has 0 unspecified atom stereocenters. The standard InChI is InChI=1S/C12H14N2S/c1-3-6-15-10-4-5-11-12(7-10)14-9(2)8-13-11/h4-5,7-8H,3,6H2,1-2H3. The molecule has 0 aliphatic rings. The molecule has 2 aromatic rings. The Labute approximate surface area is 94.1 Å². The highest BCUT2D eigenvalue weighted by Gasteiger charge is 1.99. The van der Waals surface area contributed by atoms with Gasteiger partial charge in [0, 0.05) is 11.1 Å². The lowest BCUT2D eigenvalue weighted by atomic mass is 10.3. The molecule has 0 N–H and O–H groups in total. The Morgan fingerprint density at radius 2 is 2.13 bits per heavy atom. The molecule has 78 valence electrons. The van der Waals surface area contributed by atoms with Gasteiger partial charge in [-0.2, -0.15) is 0 Å². The van der Waals surface area contributed by atoms with E-state index in [2.05, 4.69) is 29.0 Å². The predicted molar refractivity (Wildman–Crippen MR) is 65.3 cm³/mol. The number of hydrogen-bond donors (Lipinski definition) is 0. The Morgan fingerprint density at radius 3 is 2.93 bits per heavy atom. The van der Waals surface area contributed by atoms with Gasteiger partial charge in [0.05, 0.1) is 16.7 Å². The lowest BCUT2D eigenvalue weighted by Crippen LogP contribution is -1.87. The van der Waals surface area contributed by atoms with E-state index in [1.807, 2.05) is 24.8 Å². The van der Waals surface area contributed by atoms with Crippen LogP contribution in [-0.4, -0.2) is 15.7 Å². The Hall–Kier alpha value is -1.09. The molecule has 0 saturated carbocycles. The summed E-state index contributed by atoms with van der Waals surface area (Å²) in [6.45, 7) is 4.16. The van der Waals surface area contributed by atoms with Crippen LogP contribution in [0, 0.1) is 6.92 Å². The third kappa shape index (κ3) is 2.48. The number of fused-ring (bicyclic) bond motifs is 1. The van der Waals surface area contributed by atoms with Crippen LogP contribution in [0.1, 0.15) is 19.0 Å². The Morgan fingerprint density at radius 1 is 1.27 bits per heavy atom. The second kappa shape index (κ2) is 4.62. The van der Waals surface area contributed by atoms with Crippen LogP contribution in [0.15, 0.2) is 29.3 Å². The fraction of sp³-hybridized carbons (Fsp3) is 0.333. The van der Waals surface area contributed by atoms with Gasteiger partial charge in [-0.05, 0) is 37.3 Å². The topological polar surface area (TPSA) is 25.8 Å². The van der Waals surface area contributed by atoms with Crippen molar-refractivity contribution in [3.63, 3.8) is 0 Å². The van der Waals surface area contributed by atoms with Gasteiger partial charge in [0.2, 0.25) is 0 Å². The largest absolute Gasteiger partial charge is 0.253 e. The van der Waals surface area contributed by atoms with Crippen LogP contribution in [0.25, 0.3) is 11.0 Å². The number of nitrogens with zero attached hydrogens (tertiary/aromatic N) is 2. The molecule has 0 bridgehead atoms. The average molecular weight is 218 g/mol.